The molecule has 1 aromatic heterocycles. The average molecular weight is 284 g/mol. The molecule has 18 heavy (non-hydrogen) atoms. The zero-order valence-corrected chi connectivity index (χ0v) is 12.1. The fourth-order valence-electron chi connectivity index (χ4n) is 2.15. The van der Waals surface area contributed by atoms with Crippen LogP contribution in [-0.2, 0) is 0 Å². The van der Waals surface area contributed by atoms with Crippen LogP contribution in [0.1, 0.15) is 28.7 Å². The smallest absolute Gasteiger partial charge is 0.106 e. The number of benzene rings is 1. The Balaban J connectivity index is 2.48. The van der Waals surface area contributed by atoms with Gasteiger partial charge >= 0.3 is 0 Å². The van der Waals surface area contributed by atoms with Gasteiger partial charge in [-0.3, -0.25) is 0 Å². The molecule has 0 saturated heterocycles. The molecule has 96 valence electrons. The van der Waals surface area contributed by atoms with Crippen LogP contribution >= 0.6 is 23.2 Å². The number of hydrogen-bond donors (Lipinski definition) is 1. The van der Waals surface area contributed by atoms with E-state index >= 15 is 0 Å². The highest BCUT2D eigenvalue weighted by Crippen LogP contribution is 2.32. The Kier molecular flexibility index (Phi) is 4.00. The Hall–Kier alpha value is -0.960. The molecule has 0 fully saturated rings. The Bertz CT molecular complexity index is 563. The molecule has 4 heteroatoms. The summed E-state index contributed by atoms with van der Waals surface area (Å²) in [5.74, 6) is 1.80. The minimum Gasteiger partial charge on any atom is -0.466 e. The number of furan rings is 1. The first-order valence-electron chi connectivity index (χ1n) is 5.72. The van der Waals surface area contributed by atoms with Crippen LogP contribution in [0.5, 0.6) is 0 Å². The first-order chi connectivity index (χ1) is 8.52. The molecule has 1 N–H and O–H groups in total. The standard InChI is InChI=1S/C14H15Cl2NO/c1-8-6-12(9(2)18-8)14(17-3)11-5-4-10(15)7-13(11)16/h4-7,14,17H,1-3H3. The molecule has 1 atom stereocenters. The Morgan fingerprint density at radius 3 is 2.33 bits per heavy atom. The van der Waals surface area contributed by atoms with E-state index in [1.54, 1.807) is 6.07 Å². The highest BCUT2D eigenvalue weighted by atomic mass is 35.5. The van der Waals surface area contributed by atoms with Crippen molar-refractivity contribution in [1.82, 2.24) is 5.32 Å². The van der Waals surface area contributed by atoms with Crippen molar-refractivity contribution in [3.8, 4) is 0 Å². The van der Waals surface area contributed by atoms with Gasteiger partial charge in [-0.05, 0) is 44.7 Å². The van der Waals surface area contributed by atoms with Gasteiger partial charge < -0.3 is 9.73 Å². The summed E-state index contributed by atoms with van der Waals surface area (Å²) in [6.45, 7) is 3.89. The highest BCUT2D eigenvalue weighted by Gasteiger charge is 2.19. The van der Waals surface area contributed by atoms with Gasteiger partial charge in [0.15, 0.2) is 0 Å². The van der Waals surface area contributed by atoms with Crippen molar-refractivity contribution in [3.63, 3.8) is 0 Å². The molecule has 0 aliphatic carbocycles. The quantitative estimate of drug-likeness (QED) is 0.897. The third-order valence-corrected chi connectivity index (χ3v) is 3.51. The molecule has 0 radical (unpaired) electrons. The van der Waals surface area contributed by atoms with Gasteiger partial charge in [-0.15, -0.1) is 0 Å². The van der Waals surface area contributed by atoms with Crippen LogP contribution in [0.3, 0.4) is 0 Å². The lowest BCUT2D eigenvalue weighted by Gasteiger charge is -2.17. The SMILES string of the molecule is CNC(c1ccc(Cl)cc1Cl)c1cc(C)oc1C. The van der Waals surface area contributed by atoms with Crippen LogP contribution in [0.2, 0.25) is 10.0 Å². The van der Waals surface area contributed by atoms with Crippen LogP contribution in [-0.4, -0.2) is 7.05 Å². The second-order valence-electron chi connectivity index (χ2n) is 4.26. The van der Waals surface area contributed by atoms with E-state index in [0.29, 0.717) is 10.0 Å². The van der Waals surface area contributed by atoms with Gasteiger partial charge in [-0.2, -0.15) is 0 Å². The maximum absolute atomic E-state index is 6.26. The third-order valence-electron chi connectivity index (χ3n) is 2.95. The van der Waals surface area contributed by atoms with E-state index in [1.165, 1.54) is 0 Å². The molecule has 0 saturated carbocycles. The van der Waals surface area contributed by atoms with Crippen molar-refractivity contribution >= 4 is 23.2 Å². The fraction of sp³-hybridized carbons (Fsp3) is 0.286. The van der Waals surface area contributed by atoms with Gasteiger partial charge in [0.05, 0.1) is 6.04 Å². The van der Waals surface area contributed by atoms with Crippen LogP contribution in [0, 0.1) is 13.8 Å². The van der Waals surface area contributed by atoms with Crippen molar-refractivity contribution in [2.24, 2.45) is 0 Å². The molecule has 2 aromatic rings. The Morgan fingerprint density at radius 2 is 1.83 bits per heavy atom. The van der Waals surface area contributed by atoms with Crippen LogP contribution in [0.25, 0.3) is 0 Å². The van der Waals surface area contributed by atoms with E-state index in [9.17, 15) is 0 Å². The molecule has 1 aromatic carbocycles. The van der Waals surface area contributed by atoms with Gasteiger partial charge in [0.2, 0.25) is 0 Å². The van der Waals surface area contributed by atoms with Crippen molar-refractivity contribution < 1.29 is 4.42 Å². The highest BCUT2D eigenvalue weighted by molar-refractivity contribution is 6.35. The largest absolute Gasteiger partial charge is 0.466 e. The second-order valence-corrected chi connectivity index (χ2v) is 5.10. The Morgan fingerprint density at radius 1 is 1.11 bits per heavy atom. The zero-order valence-electron chi connectivity index (χ0n) is 10.6. The molecule has 0 spiro atoms. The maximum atomic E-state index is 6.26. The van der Waals surface area contributed by atoms with E-state index < -0.39 is 0 Å². The second kappa shape index (κ2) is 5.35. The van der Waals surface area contributed by atoms with Crippen LogP contribution in [0.15, 0.2) is 28.7 Å². The summed E-state index contributed by atoms with van der Waals surface area (Å²) >= 11 is 12.2. The summed E-state index contributed by atoms with van der Waals surface area (Å²) in [5.41, 5.74) is 2.09. The first-order valence-corrected chi connectivity index (χ1v) is 6.47. The summed E-state index contributed by atoms with van der Waals surface area (Å²) in [4.78, 5) is 0. The summed E-state index contributed by atoms with van der Waals surface area (Å²) in [7, 11) is 1.90. The van der Waals surface area contributed by atoms with Crippen LogP contribution in [0.4, 0.5) is 0 Å². The molecular formula is C14H15Cl2NO. The minimum atomic E-state index is 0.00668. The molecule has 1 heterocycles. The molecule has 0 bridgehead atoms. The lowest BCUT2D eigenvalue weighted by molar-refractivity contribution is 0.497. The molecule has 1 unspecified atom stereocenters. The van der Waals surface area contributed by atoms with E-state index in [2.05, 4.69) is 5.32 Å². The van der Waals surface area contributed by atoms with Gasteiger partial charge in [0.25, 0.3) is 0 Å². The Labute approximate surface area is 117 Å². The van der Waals surface area contributed by atoms with Gasteiger partial charge in [-0.25, -0.2) is 0 Å². The third kappa shape index (κ3) is 2.56. The minimum absolute atomic E-state index is 0.00668. The summed E-state index contributed by atoms with van der Waals surface area (Å²) in [6, 6.07) is 7.57. The molecule has 0 aliphatic heterocycles. The van der Waals surface area contributed by atoms with Gasteiger partial charge in [-0.1, -0.05) is 29.3 Å². The average Bonchev–Trinajstić information content (AvgIpc) is 2.62. The maximum Gasteiger partial charge on any atom is 0.106 e. The number of hydrogen-bond acceptors (Lipinski definition) is 2. The van der Waals surface area contributed by atoms with E-state index in [4.69, 9.17) is 27.6 Å². The first kappa shape index (κ1) is 13.5. The number of nitrogens with one attached hydrogen (secondary N) is 1. The zero-order chi connectivity index (χ0) is 13.3. The number of rotatable bonds is 3. The predicted octanol–water partition coefficient (Wildman–Crippen LogP) is 4.51. The lowest BCUT2D eigenvalue weighted by Crippen LogP contribution is -2.18. The molecule has 0 aliphatic rings. The predicted molar refractivity (Wildman–Crippen MR) is 75.5 cm³/mol. The lowest BCUT2D eigenvalue weighted by atomic mass is 9.99. The molecule has 0 amide bonds. The van der Waals surface area contributed by atoms with Gasteiger partial charge in [0.1, 0.15) is 11.5 Å². The van der Waals surface area contributed by atoms with E-state index in [0.717, 1.165) is 22.6 Å². The normalized spacial score (nSPS) is 12.7. The monoisotopic (exact) mass is 283 g/mol. The van der Waals surface area contributed by atoms with E-state index in [1.807, 2.05) is 39.1 Å². The topological polar surface area (TPSA) is 25.2 Å². The van der Waals surface area contributed by atoms with Crippen molar-refractivity contribution in [1.29, 1.82) is 0 Å². The van der Waals surface area contributed by atoms with Crippen molar-refractivity contribution in [2.45, 2.75) is 19.9 Å². The van der Waals surface area contributed by atoms with Crippen LogP contribution < -0.4 is 5.32 Å². The number of halogens is 2. The molecule has 2 nitrogen and oxygen atoms in total. The van der Waals surface area contributed by atoms with E-state index in [-0.39, 0.29) is 6.04 Å². The summed E-state index contributed by atoms with van der Waals surface area (Å²) in [6.07, 6.45) is 0. The molecule has 2 rings (SSSR count). The summed E-state index contributed by atoms with van der Waals surface area (Å²) in [5, 5.41) is 4.55. The van der Waals surface area contributed by atoms with Crippen molar-refractivity contribution in [2.75, 3.05) is 7.05 Å². The van der Waals surface area contributed by atoms with Crippen molar-refractivity contribution in [3.05, 3.63) is 57.0 Å². The number of aryl methyl sites for hydroxylation is 2. The molecular weight excluding hydrogens is 269 g/mol. The summed E-state index contributed by atoms with van der Waals surface area (Å²) < 4.78 is 5.57. The van der Waals surface area contributed by atoms with Gasteiger partial charge in [0, 0.05) is 15.6 Å². The fourth-order valence-corrected chi connectivity index (χ4v) is 2.67.